The number of rotatable bonds is 4. The molecule has 1 fully saturated rings. The molecule has 4 heteroatoms. The molecule has 1 aliphatic heterocycles. The minimum atomic E-state index is 0.718. The molecule has 3 aromatic rings. The molecule has 1 atom stereocenters. The summed E-state index contributed by atoms with van der Waals surface area (Å²) in [4.78, 5) is 2.56. The molecule has 4 nitrogen and oxygen atoms in total. The fourth-order valence-electron chi connectivity index (χ4n) is 3.35. The van der Waals surface area contributed by atoms with E-state index < -0.39 is 0 Å². The average Bonchev–Trinajstić information content (AvgIpc) is 3.25. The fourth-order valence-corrected chi connectivity index (χ4v) is 3.35. The van der Waals surface area contributed by atoms with Gasteiger partial charge in [-0.05, 0) is 56.6 Å². The Morgan fingerprint density at radius 2 is 2.27 bits per heavy atom. The van der Waals surface area contributed by atoms with Gasteiger partial charge in [0.1, 0.15) is 11.3 Å². The summed E-state index contributed by atoms with van der Waals surface area (Å²) in [5.41, 5.74) is 2.03. The Balaban J connectivity index is 1.53. The molecule has 0 bridgehead atoms. The van der Waals surface area contributed by atoms with Crippen molar-refractivity contribution in [3.05, 3.63) is 48.5 Å². The molecule has 1 unspecified atom stereocenters. The van der Waals surface area contributed by atoms with Crippen LogP contribution in [0, 0.1) is 0 Å². The first-order valence-electron chi connectivity index (χ1n) is 8.06. The van der Waals surface area contributed by atoms with Crippen LogP contribution in [0.5, 0.6) is 0 Å². The lowest BCUT2D eigenvalue weighted by molar-refractivity contribution is 0.266. The van der Waals surface area contributed by atoms with Crippen molar-refractivity contribution in [2.24, 2.45) is 0 Å². The van der Waals surface area contributed by atoms with E-state index in [1.165, 1.54) is 19.4 Å². The topological polar surface area (TPSA) is 34.2 Å². The molecule has 0 radical (unpaired) electrons. The molecule has 0 N–H and O–H groups in total. The van der Waals surface area contributed by atoms with E-state index in [2.05, 4.69) is 29.1 Å². The molecule has 0 amide bonds. The Morgan fingerprint density at radius 3 is 3.05 bits per heavy atom. The third-order valence-corrected chi connectivity index (χ3v) is 4.66. The predicted octanol–water partition coefficient (Wildman–Crippen LogP) is 3.65. The summed E-state index contributed by atoms with van der Waals surface area (Å²) in [7, 11) is 0. The normalized spacial score (nSPS) is 19.2. The maximum absolute atomic E-state index is 5.98. The van der Waals surface area contributed by atoms with Gasteiger partial charge in [0.05, 0.1) is 5.69 Å². The van der Waals surface area contributed by atoms with Crippen molar-refractivity contribution < 1.29 is 4.42 Å². The maximum Gasteiger partial charge on any atom is 0.134 e. The van der Waals surface area contributed by atoms with Crippen LogP contribution in [-0.2, 0) is 6.42 Å². The Kier molecular flexibility index (Phi) is 3.47. The Bertz CT molecular complexity index is 760. The van der Waals surface area contributed by atoms with Gasteiger partial charge in [0.25, 0.3) is 0 Å². The van der Waals surface area contributed by atoms with E-state index in [1.54, 1.807) is 6.20 Å². The highest BCUT2D eigenvalue weighted by molar-refractivity contribution is 5.80. The van der Waals surface area contributed by atoms with Crippen LogP contribution in [0.15, 0.2) is 47.1 Å². The van der Waals surface area contributed by atoms with E-state index in [0.717, 1.165) is 41.4 Å². The molecule has 0 saturated carbocycles. The molecule has 22 heavy (non-hydrogen) atoms. The lowest BCUT2D eigenvalue weighted by Gasteiger charge is -2.19. The first-order valence-corrected chi connectivity index (χ1v) is 8.06. The van der Waals surface area contributed by atoms with Gasteiger partial charge >= 0.3 is 0 Å². The number of benzene rings is 1. The third-order valence-electron chi connectivity index (χ3n) is 4.66. The van der Waals surface area contributed by atoms with E-state index >= 15 is 0 Å². The largest absolute Gasteiger partial charge is 0.461 e. The van der Waals surface area contributed by atoms with Crippen LogP contribution in [-0.4, -0.2) is 33.8 Å². The predicted molar refractivity (Wildman–Crippen MR) is 87.3 cm³/mol. The number of nitrogens with zero attached hydrogens (tertiary/aromatic N) is 3. The van der Waals surface area contributed by atoms with Crippen LogP contribution in [0.2, 0.25) is 0 Å². The summed E-state index contributed by atoms with van der Waals surface area (Å²) in [6, 6.07) is 11.0. The van der Waals surface area contributed by atoms with Gasteiger partial charge in [-0.25, -0.2) is 4.68 Å². The van der Waals surface area contributed by atoms with E-state index in [0.29, 0.717) is 0 Å². The Morgan fingerprint density at radius 1 is 1.32 bits per heavy atom. The Labute approximate surface area is 130 Å². The summed E-state index contributed by atoms with van der Waals surface area (Å²) < 4.78 is 7.85. The SMILES string of the molecule is CC1CCCN1CCc1cc2cc(-n3cccn3)ccc2o1. The second kappa shape index (κ2) is 5.61. The van der Waals surface area contributed by atoms with Crippen molar-refractivity contribution in [1.82, 2.24) is 14.7 Å². The van der Waals surface area contributed by atoms with Gasteiger partial charge in [-0.1, -0.05) is 0 Å². The van der Waals surface area contributed by atoms with Gasteiger partial charge in [-0.15, -0.1) is 0 Å². The van der Waals surface area contributed by atoms with Gasteiger partial charge in [0.15, 0.2) is 0 Å². The minimum absolute atomic E-state index is 0.718. The van der Waals surface area contributed by atoms with Crippen molar-refractivity contribution in [3.8, 4) is 5.69 Å². The summed E-state index contributed by atoms with van der Waals surface area (Å²) in [6.07, 6.45) is 7.39. The highest BCUT2D eigenvalue weighted by atomic mass is 16.3. The molecule has 3 heterocycles. The van der Waals surface area contributed by atoms with Crippen molar-refractivity contribution in [1.29, 1.82) is 0 Å². The van der Waals surface area contributed by atoms with E-state index in [-0.39, 0.29) is 0 Å². The molecule has 1 saturated heterocycles. The quantitative estimate of drug-likeness (QED) is 0.737. The summed E-state index contributed by atoms with van der Waals surface area (Å²) in [6.45, 7) is 4.64. The van der Waals surface area contributed by atoms with Gasteiger partial charge in [-0.2, -0.15) is 5.10 Å². The zero-order valence-electron chi connectivity index (χ0n) is 12.9. The smallest absolute Gasteiger partial charge is 0.134 e. The number of likely N-dealkylation sites (tertiary alicyclic amines) is 1. The highest BCUT2D eigenvalue weighted by Gasteiger charge is 2.20. The Hall–Kier alpha value is -2.07. The van der Waals surface area contributed by atoms with Gasteiger partial charge in [0, 0.05) is 36.8 Å². The molecule has 2 aromatic heterocycles. The summed E-state index contributed by atoms with van der Waals surface area (Å²) in [5, 5.41) is 5.43. The van der Waals surface area contributed by atoms with Crippen LogP contribution < -0.4 is 0 Å². The minimum Gasteiger partial charge on any atom is -0.461 e. The first-order chi connectivity index (χ1) is 10.8. The van der Waals surface area contributed by atoms with Crippen LogP contribution in [0.25, 0.3) is 16.7 Å². The summed E-state index contributed by atoms with van der Waals surface area (Å²) in [5.74, 6) is 1.08. The molecule has 1 aromatic carbocycles. The third kappa shape index (κ3) is 2.55. The molecule has 4 rings (SSSR count). The number of furan rings is 1. The van der Waals surface area contributed by atoms with Crippen molar-refractivity contribution in [3.63, 3.8) is 0 Å². The lowest BCUT2D eigenvalue weighted by Crippen LogP contribution is -2.28. The zero-order valence-corrected chi connectivity index (χ0v) is 12.9. The number of hydrogen-bond donors (Lipinski definition) is 0. The molecule has 0 aliphatic carbocycles. The van der Waals surface area contributed by atoms with Crippen molar-refractivity contribution >= 4 is 11.0 Å². The molecule has 0 spiro atoms. The van der Waals surface area contributed by atoms with Crippen LogP contribution in [0.3, 0.4) is 0 Å². The number of hydrogen-bond acceptors (Lipinski definition) is 3. The highest BCUT2D eigenvalue weighted by Crippen LogP contribution is 2.24. The maximum atomic E-state index is 5.98. The van der Waals surface area contributed by atoms with E-state index in [1.807, 2.05) is 29.1 Å². The van der Waals surface area contributed by atoms with Gasteiger partial charge < -0.3 is 9.32 Å². The monoisotopic (exact) mass is 295 g/mol. The molecular weight excluding hydrogens is 274 g/mol. The number of fused-ring (bicyclic) bond motifs is 1. The standard InChI is InChI=1S/C18H21N3O/c1-14-4-2-9-20(14)11-7-17-13-15-12-16(5-6-18(15)22-17)21-10-3-8-19-21/h3,5-6,8,10,12-14H,2,4,7,9,11H2,1H3. The second-order valence-corrected chi connectivity index (χ2v) is 6.16. The van der Waals surface area contributed by atoms with Gasteiger partial charge in [-0.3, -0.25) is 0 Å². The van der Waals surface area contributed by atoms with Crippen LogP contribution >= 0.6 is 0 Å². The van der Waals surface area contributed by atoms with Crippen molar-refractivity contribution in [2.45, 2.75) is 32.2 Å². The summed E-state index contributed by atoms with van der Waals surface area (Å²) >= 11 is 0. The van der Waals surface area contributed by atoms with Gasteiger partial charge in [0.2, 0.25) is 0 Å². The average molecular weight is 295 g/mol. The van der Waals surface area contributed by atoms with E-state index in [4.69, 9.17) is 4.42 Å². The first kappa shape index (κ1) is 13.6. The van der Waals surface area contributed by atoms with Crippen LogP contribution in [0.1, 0.15) is 25.5 Å². The van der Waals surface area contributed by atoms with Crippen LogP contribution in [0.4, 0.5) is 0 Å². The molecule has 114 valence electrons. The number of aromatic nitrogens is 2. The second-order valence-electron chi connectivity index (χ2n) is 6.16. The van der Waals surface area contributed by atoms with E-state index in [9.17, 15) is 0 Å². The zero-order chi connectivity index (χ0) is 14.9. The molecule has 1 aliphatic rings. The fraction of sp³-hybridized carbons (Fsp3) is 0.389. The van der Waals surface area contributed by atoms with Crippen molar-refractivity contribution in [2.75, 3.05) is 13.1 Å². The lowest BCUT2D eigenvalue weighted by atomic mass is 10.2. The molecular formula is C18H21N3O.